The van der Waals surface area contributed by atoms with Crippen molar-refractivity contribution < 1.29 is 18.0 Å². The van der Waals surface area contributed by atoms with Gasteiger partial charge in [0.05, 0.1) is 6.61 Å². The Hall–Kier alpha value is -0.829. The van der Waals surface area contributed by atoms with E-state index in [0.717, 1.165) is 0 Å². The number of nitrogen functional groups attached to an aromatic ring is 1. The highest BCUT2D eigenvalue weighted by Gasteiger charge is 2.55. The molecule has 2 heterocycles. The van der Waals surface area contributed by atoms with Crippen LogP contribution in [0.1, 0.15) is 68.5 Å². The second-order valence-electron chi connectivity index (χ2n) is 15.4. The summed E-state index contributed by atoms with van der Waals surface area (Å²) in [4.78, 5) is 17.0. The highest BCUT2D eigenvalue weighted by atomic mass is 28.4. The Morgan fingerprint density at radius 2 is 1.29 bits per heavy atom. The molecule has 1 aliphatic heterocycles. The van der Waals surface area contributed by atoms with Crippen molar-refractivity contribution >= 4 is 30.8 Å². The predicted molar refractivity (Wildman–Crippen MR) is 164 cm³/mol. The molecule has 2 N–H and O–H groups in total. The fourth-order valence-corrected chi connectivity index (χ4v) is 7.11. The monoisotopic (exact) mass is 585 g/mol. The zero-order chi connectivity index (χ0) is 29.7. The van der Waals surface area contributed by atoms with Crippen LogP contribution >= 0.6 is 0 Å². The number of rotatable bonds is 8. The molecule has 0 spiro atoms. The van der Waals surface area contributed by atoms with E-state index in [-0.39, 0.29) is 20.9 Å². The zero-order valence-electron chi connectivity index (χ0n) is 26.7. The van der Waals surface area contributed by atoms with Crippen LogP contribution in [0, 0.1) is 0 Å². The standard InChI is InChI=1S/C27H55N3O5Si3/c1-25(2,3)36(10,11)32-18-19-21(34-37(12,13)26(4,5)6)22(35-38(14,15)27(7,8)9)23(33-19)30-17-16-20(28)29-24(30)31/h16-17,19,21-23H,18H2,1-15H3,(H2,28,29,31)/t19-,21-,22-,23-/m1/s1. The number of nitrogens with two attached hydrogens (primary N) is 1. The van der Waals surface area contributed by atoms with Gasteiger partial charge in [-0.15, -0.1) is 0 Å². The molecule has 4 atom stereocenters. The van der Waals surface area contributed by atoms with Gasteiger partial charge < -0.3 is 23.7 Å². The number of hydrogen-bond acceptors (Lipinski definition) is 7. The van der Waals surface area contributed by atoms with E-state index in [9.17, 15) is 4.79 Å². The third-order valence-electron chi connectivity index (χ3n) is 9.30. The fourth-order valence-electron chi connectivity index (χ4n) is 3.49. The Balaban J connectivity index is 2.64. The molecule has 1 fully saturated rings. The van der Waals surface area contributed by atoms with Crippen LogP contribution in [0.2, 0.25) is 54.4 Å². The molecule has 0 radical (unpaired) electrons. The fraction of sp³-hybridized carbons (Fsp3) is 0.852. The zero-order valence-corrected chi connectivity index (χ0v) is 29.7. The van der Waals surface area contributed by atoms with Crippen molar-refractivity contribution in [2.24, 2.45) is 0 Å². The first-order chi connectivity index (χ1) is 16.8. The molecular formula is C27H55N3O5Si3. The van der Waals surface area contributed by atoms with E-state index in [1.807, 2.05) is 0 Å². The van der Waals surface area contributed by atoms with Gasteiger partial charge in [0.2, 0.25) is 0 Å². The lowest BCUT2D eigenvalue weighted by Gasteiger charge is -2.44. The molecule has 0 amide bonds. The van der Waals surface area contributed by atoms with Crippen LogP contribution in [-0.2, 0) is 18.0 Å². The summed E-state index contributed by atoms with van der Waals surface area (Å²) in [7, 11) is -6.61. The van der Waals surface area contributed by atoms with Crippen LogP contribution in [0.3, 0.4) is 0 Å². The molecule has 11 heteroatoms. The highest BCUT2D eigenvalue weighted by Crippen LogP contribution is 2.46. The maximum absolute atomic E-state index is 13.0. The van der Waals surface area contributed by atoms with Crippen LogP contribution in [0.15, 0.2) is 17.1 Å². The Kier molecular flexibility index (Phi) is 9.54. The largest absolute Gasteiger partial charge is 0.414 e. The maximum atomic E-state index is 13.0. The van der Waals surface area contributed by atoms with Crippen molar-refractivity contribution in [3.05, 3.63) is 22.7 Å². The first-order valence-corrected chi connectivity index (χ1v) is 22.5. The summed E-state index contributed by atoms with van der Waals surface area (Å²) >= 11 is 0. The second kappa shape index (κ2) is 10.9. The lowest BCUT2D eigenvalue weighted by Crippen LogP contribution is -2.54. The molecule has 0 aliphatic carbocycles. The van der Waals surface area contributed by atoms with Gasteiger partial charge in [-0.25, -0.2) is 4.79 Å². The van der Waals surface area contributed by atoms with Crippen LogP contribution in [0.25, 0.3) is 0 Å². The Morgan fingerprint density at radius 3 is 1.71 bits per heavy atom. The van der Waals surface area contributed by atoms with Gasteiger partial charge in [0.15, 0.2) is 31.2 Å². The van der Waals surface area contributed by atoms with E-state index in [4.69, 9.17) is 23.7 Å². The molecule has 38 heavy (non-hydrogen) atoms. The van der Waals surface area contributed by atoms with Gasteiger partial charge in [0, 0.05) is 6.20 Å². The van der Waals surface area contributed by atoms with Gasteiger partial charge in [-0.2, -0.15) is 4.98 Å². The topological polar surface area (TPSA) is 97.8 Å². The van der Waals surface area contributed by atoms with E-state index in [0.29, 0.717) is 6.61 Å². The normalized spacial score (nSPS) is 24.2. The third kappa shape index (κ3) is 7.27. The molecule has 1 aliphatic rings. The molecule has 1 aromatic rings. The van der Waals surface area contributed by atoms with Crippen LogP contribution < -0.4 is 11.4 Å². The van der Waals surface area contributed by atoms with Crippen LogP contribution in [0.5, 0.6) is 0 Å². The first kappa shape index (κ1) is 33.4. The number of aromatic nitrogens is 2. The summed E-state index contributed by atoms with van der Waals surface area (Å²) < 4.78 is 29.0. The van der Waals surface area contributed by atoms with E-state index < -0.39 is 55.2 Å². The summed E-state index contributed by atoms with van der Waals surface area (Å²) in [6, 6.07) is 1.62. The maximum Gasteiger partial charge on any atom is 0.351 e. The van der Waals surface area contributed by atoms with Crippen molar-refractivity contribution in [2.45, 2.75) is 141 Å². The van der Waals surface area contributed by atoms with Crippen molar-refractivity contribution in [2.75, 3.05) is 12.3 Å². The number of anilines is 1. The lowest BCUT2D eigenvalue weighted by molar-refractivity contribution is -0.0509. The number of nitrogens with zero attached hydrogens (tertiary/aromatic N) is 2. The highest BCUT2D eigenvalue weighted by molar-refractivity contribution is 6.75. The lowest BCUT2D eigenvalue weighted by atomic mass is 10.1. The smallest absolute Gasteiger partial charge is 0.351 e. The molecule has 0 unspecified atom stereocenters. The average Bonchev–Trinajstić information content (AvgIpc) is 3.00. The summed E-state index contributed by atoms with van der Waals surface area (Å²) in [6.07, 6.45) is -0.349. The van der Waals surface area contributed by atoms with E-state index in [2.05, 4.69) is 107 Å². The van der Waals surface area contributed by atoms with Gasteiger partial charge in [0.1, 0.15) is 24.1 Å². The van der Waals surface area contributed by atoms with Gasteiger partial charge in [-0.1, -0.05) is 62.3 Å². The first-order valence-electron chi connectivity index (χ1n) is 13.8. The minimum Gasteiger partial charge on any atom is -0.414 e. The van der Waals surface area contributed by atoms with Crippen molar-refractivity contribution in [3.63, 3.8) is 0 Å². The molecule has 2 rings (SSSR count). The van der Waals surface area contributed by atoms with Gasteiger partial charge in [-0.3, -0.25) is 4.57 Å². The van der Waals surface area contributed by atoms with E-state index >= 15 is 0 Å². The summed E-state index contributed by atoms with van der Waals surface area (Å²) in [5, 5.41) is -0.00812. The Labute approximate surface area is 234 Å². The minimum absolute atomic E-state index is 0.0168. The summed E-state index contributed by atoms with van der Waals surface area (Å²) in [5.41, 5.74) is 5.36. The number of hydrogen-bond donors (Lipinski definition) is 1. The van der Waals surface area contributed by atoms with Crippen molar-refractivity contribution in [3.8, 4) is 0 Å². The molecule has 0 aromatic carbocycles. The molecule has 0 saturated carbocycles. The average molecular weight is 586 g/mol. The molecule has 1 saturated heterocycles. The van der Waals surface area contributed by atoms with Crippen LogP contribution in [0.4, 0.5) is 5.82 Å². The molecule has 1 aromatic heterocycles. The summed E-state index contributed by atoms with van der Waals surface area (Å²) in [6.45, 7) is 33.8. The van der Waals surface area contributed by atoms with E-state index in [1.54, 1.807) is 12.3 Å². The molecule has 220 valence electrons. The summed E-state index contributed by atoms with van der Waals surface area (Å²) in [5.74, 6) is 0.179. The third-order valence-corrected chi connectivity index (χ3v) is 22.7. The quantitative estimate of drug-likeness (QED) is 0.347. The van der Waals surface area contributed by atoms with Crippen molar-refractivity contribution in [1.82, 2.24) is 9.55 Å². The van der Waals surface area contributed by atoms with Crippen LogP contribution in [-0.4, -0.2) is 59.4 Å². The van der Waals surface area contributed by atoms with Gasteiger partial charge >= 0.3 is 5.69 Å². The Bertz CT molecular complexity index is 1020. The van der Waals surface area contributed by atoms with Gasteiger partial charge in [-0.05, 0) is 60.5 Å². The molecular weight excluding hydrogens is 531 g/mol. The predicted octanol–water partition coefficient (Wildman–Crippen LogP) is 6.53. The van der Waals surface area contributed by atoms with Gasteiger partial charge in [0.25, 0.3) is 0 Å². The minimum atomic E-state index is -2.29. The SMILES string of the molecule is CC(C)(C)[Si](C)(C)OC[C@H]1O[C@@H](n2ccc(N)nc2=O)[C@H](O[Si](C)(C)C(C)(C)C)[C@@H]1O[Si](C)(C)C(C)(C)C. The second-order valence-corrected chi connectivity index (χ2v) is 29.7. The molecule has 8 nitrogen and oxygen atoms in total. The van der Waals surface area contributed by atoms with Crippen molar-refractivity contribution in [1.29, 1.82) is 0 Å². The number of ether oxygens (including phenoxy) is 1. The molecule has 0 bridgehead atoms. The Morgan fingerprint density at radius 1 is 0.842 bits per heavy atom. The van der Waals surface area contributed by atoms with E-state index in [1.165, 1.54) is 4.57 Å².